The van der Waals surface area contributed by atoms with Crippen molar-refractivity contribution in [3.05, 3.63) is 118 Å². The topological polar surface area (TPSA) is 103 Å². The summed E-state index contributed by atoms with van der Waals surface area (Å²) in [5.74, 6) is 0.581. The molecule has 10 heteroatoms. The SMILES string of the molecule is CCOc1cc(COc2c(Br)cc(/C=C3/C(=O)NC(=O)N(c4ccccc4)C3=O)cc2OCC)ccc1OCc1ccccc1. The van der Waals surface area contributed by atoms with Gasteiger partial charge in [-0.1, -0.05) is 54.6 Å². The second-order valence-corrected chi connectivity index (χ2v) is 10.7. The number of barbiturate groups is 1. The molecular formula is C35H31BrN2O7. The first-order chi connectivity index (χ1) is 21.9. The molecule has 0 radical (unpaired) electrons. The fourth-order valence-electron chi connectivity index (χ4n) is 4.63. The fraction of sp³-hybridized carbons (Fsp3) is 0.171. The van der Waals surface area contributed by atoms with Crippen LogP contribution in [0.1, 0.15) is 30.5 Å². The van der Waals surface area contributed by atoms with E-state index >= 15 is 0 Å². The van der Waals surface area contributed by atoms with Crippen LogP contribution < -0.4 is 29.2 Å². The number of anilines is 1. The maximum absolute atomic E-state index is 13.3. The van der Waals surface area contributed by atoms with Crippen LogP contribution in [0, 0.1) is 0 Å². The molecule has 230 valence electrons. The van der Waals surface area contributed by atoms with Gasteiger partial charge in [-0.25, -0.2) is 9.69 Å². The Morgan fingerprint density at radius 1 is 0.711 bits per heavy atom. The molecule has 4 amide bonds. The number of carbonyl (C=O) groups is 3. The van der Waals surface area contributed by atoms with Crippen molar-refractivity contribution in [1.82, 2.24) is 5.32 Å². The molecule has 0 atom stereocenters. The number of amides is 4. The van der Waals surface area contributed by atoms with E-state index in [2.05, 4.69) is 21.2 Å². The first-order valence-electron chi connectivity index (χ1n) is 14.4. The van der Waals surface area contributed by atoms with Gasteiger partial charge in [0.1, 0.15) is 18.8 Å². The maximum atomic E-state index is 13.3. The zero-order valence-electron chi connectivity index (χ0n) is 24.7. The molecule has 1 aliphatic rings. The van der Waals surface area contributed by atoms with E-state index in [1.807, 2.05) is 62.4 Å². The highest BCUT2D eigenvalue weighted by Crippen LogP contribution is 2.39. The molecule has 0 unspecified atom stereocenters. The number of nitrogens with one attached hydrogen (secondary N) is 1. The van der Waals surface area contributed by atoms with Crippen LogP contribution in [0.2, 0.25) is 0 Å². The minimum absolute atomic E-state index is 0.195. The molecule has 45 heavy (non-hydrogen) atoms. The molecule has 9 nitrogen and oxygen atoms in total. The Hall–Kier alpha value is -5.09. The van der Waals surface area contributed by atoms with E-state index in [9.17, 15) is 14.4 Å². The van der Waals surface area contributed by atoms with Crippen LogP contribution in [0.5, 0.6) is 23.0 Å². The fourth-order valence-corrected chi connectivity index (χ4v) is 5.20. The number of hydrogen-bond acceptors (Lipinski definition) is 7. The molecule has 4 aromatic carbocycles. The highest BCUT2D eigenvalue weighted by molar-refractivity contribution is 9.10. The van der Waals surface area contributed by atoms with Gasteiger partial charge in [0.05, 0.1) is 23.4 Å². The van der Waals surface area contributed by atoms with Gasteiger partial charge in [-0.2, -0.15) is 0 Å². The number of carbonyl (C=O) groups excluding carboxylic acids is 3. The zero-order chi connectivity index (χ0) is 31.8. The summed E-state index contributed by atoms with van der Waals surface area (Å²) in [4.78, 5) is 39.4. The van der Waals surface area contributed by atoms with E-state index in [-0.39, 0.29) is 12.2 Å². The summed E-state index contributed by atoms with van der Waals surface area (Å²) < 4.78 is 24.5. The summed E-state index contributed by atoms with van der Waals surface area (Å²) in [6, 6.07) is 26.5. The lowest BCUT2D eigenvalue weighted by Gasteiger charge is -2.26. The molecule has 1 aliphatic heterocycles. The zero-order valence-corrected chi connectivity index (χ0v) is 26.3. The molecule has 0 bridgehead atoms. The van der Waals surface area contributed by atoms with Gasteiger partial charge < -0.3 is 18.9 Å². The molecule has 1 saturated heterocycles. The van der Waals surface area contributed by atoms with E-state index in [4.69, 9.17) is 18.9 Å². The number of benzene rings is 4. The Balaban J connectivity index is 1.36. The Bertz CT molecular complexity index is 1730. The number of rotatable bonds is 12. The van der Waals surface area contributed by atoms with E-state index in [1.165, 1.54) is 6.08 Å². The lowest BCUT2D eigenvalue weighted by atomic mass is 10.1. The summed E-state index contributed by atoms with van der Waals surface area (Å²) in [5.41, 5.74) is 2.55. The standard InChI is InChI=1S/C35H31BrN2O7/c1-3-42-30-19-24(15-16-29(30)44-21-23-11-7-5-8-12-23)22-45-32-28(36)18-25(20-31(32)43-4-2)17-27-33(39)37-35(41)38(34(27)40)26-13-9-6-10-14-26/h5-20H,3-4,21-22H2,1-2H3,(H,37,39,41)/b27-17-. The smallest absolute Gasteiger partial charge is 0.335 e. The van der Waals surface area contributed by atoms with E-state index < -0.39 is 17.8 Å². The normalized spacial score (nSPS) is 13.9. The van der Waals surface area contributed by atoms with Crippen LogP contribution in [0.15, 0.2) is 101 Å². The van der Waals surface area contributed by atoms with Gasteiger partial charge in [-0.15, -0.1) is 0 Å². The number of imide groups is 2. The van der Waals surface area contributed by atoms with Gasteiger partial charge in [0.25, 0.3) is 11.8 Å². The second kappa shape index (κ2) is 14.6. The summed E-state index contributed by atoms with van der Waals surface area (Å²) in [7, 11) is 0. The molecule has 1 heterocycles. The number of halogens is 1. The third kappa shape index (κ3) is 7.53. The van der Waals surface area contributed by atoms with Crippen molar-refractivity contribution in [2.24, 2.45) is 0 Å². The van der Waals surface area contributed by atoms with Crippen molar-refractivity contribution < 1.29 is 33.3 Å². The summed E-state index contributed by atoms with van der Waals surface area (Å²) in [6.07, 6.45) is 1.42. The van der Waals surface area contributed by atoms with Crippen molar-refractivity contribution in [1.29, 1.82) is 0 Å². The first kappa shape index (κ1) is 31.3. The molecular weight excluding hydrogens is 640 g/mol. The van der Waals surface area contributed by atoms with Gasteiger partial charge in [-0.3, -0.25) is 14.9 Å². The maximum Gasteiger partial charge on any atom is 0.335 e. The number of hydrogen-bond donors (Lipinski definition) is 1. The number of urea groups is 1. The van der Waals surface area contributed by atoms with Gasteiger partial charge in [0, 0.05) is 0 Å². The molecule has 4 aromatic rings. The molecule has 0 saturated carbocycles. The van der Waals surface area contributed by atoms with Crippen molar-refractivity contribution >= 4 is 45.5 Å². The van der Waals surface area contributed by atoms with Gasteiger partial charge in [0.15, 0.2) is 23.0 Å². The molecule has 0 aliphatic carbocycles. The average Bonchev–Trinajstić information content (AvgIpc) is 3.03. The largest absolute Gasteiger partial charge is 0.490 e. The molecule has 0 aromatic heterocycles. The van der Waals surface area contributed by atoms with Gasteiger partial charge >= 0.3 is 6.03 Å². The van der Waals surface area contributed by atoms with E-state index in [0.29, 0.717) is 58.5 Å². The highest BCUT2D eigenvalue weighted by Gasteiger charge is 2.36. The van der Waals surface area contributed by atoms with E-state index in [0.717, 1.165) is 16.0 Å². The summed E-state index contributed by atoms with van der Waals surface area (Å²) in [5, 5.41) is 2.24. The van der Waals surface area contributed by atoms with Crippen LogP contribution in [0.25, 0.3) is 6.08 Å². The molecule has 1 N–H and O–H groups in total. The minimum atomic E-state index is -0.809. The predicted molar refractivity (Wildman–Crippen MR) is 173 cm³/mol. The minimum Gasteiger partial charge on any atom is -0.490 e. The number of para-hydroxylation sites is 1. The number of nitrogens with zero attached hydrogens (tertiary/aromatic N) is 1. The van der Waals surface area contributed by atoms with Crippen molar-refractivity contribution in [2.75, 3.05) is 18.1 Å². The van der Waals surface area contributed by atoms with Crippen LogP contribution in [0.3, 0.4) is 0 Å². The van der Waals surface area contributed by atoms with Crippen LogP contribution in [0.4, 0.5) is 10.5 Å². The van der Waals surface area contributed by atoms with Crippen LogP contribution >= 0.6 is 15.9 Å². The molecule has 5 rings (SSSR count). The third-order valence-electron chi connectivity index (χ3n) is 6.69. The van der Waals surface area contributed by atoms with Gasteiger partial charge in [-0.05, 0) is 88.9 Å². The van der Waals surface area contributed by atoms with Crippen molar-refractivity contribution in [3.63, 3.8) is 0 Å². The Labute approximate surface area is 269 Å². The Kier molecular flexibility index (Phi) is 10.2. The first-order valence-corrected chi connectivity index (χ1v) is 15.1. The lowest BCUT2D eigenvalue weighted by Crippen LogP contribution is -2.54. The Morgan fingerprint density at radius 2 is 1.38 bits per heavy atom. The highest BCUT2D eigenvalue weighted by atomic mass is 79.9. The second-order valence-electron chi connectivity index (χ2n) is 9.83. The van der Waals surface area contributed by atoms with E-state index in [1.54, 1.807) is 42.5 Å². The van der Waals surface area contributed by atoms with Crippen LogP contribution in [-0.2, 0) is 22.8 Å². The predicted octanol–water partition coefficient (Wildman–Crippen LogP) is 7.07. The third-order valence-corrected chi connectivity index (χ3v) is 7.28. The summed E-state index contributed by atoms with van der Waals surface area (Å²) >= 11 is 3.56. The van der Waals surface area contributed by atoms with Crippen molar-refractivity contribution in [3.8, 4) is 23.0 Å². The van der Waals surface area contributed by atoms with Gasteiger partial charge in [0.2, 0.25) is 0 Å². The number of ether oxygens (including phenoxy) is 4. The molecule has 1 fully saturated rings. The summed E-state index contributed by atoms with van der Waals surface area (Å²) in [6.45, 7) is 5.19. The van der Waals surface area contributed by atoms with Crippen molar-refractivity contribution in [2.45, 2.75) is 27.1 Å². The monoisotopic (exact) mass is 670 g/mol. The van der Waals surface area contributed by atoms with Crippen LogP contribution in [-0.4, -0.2) is 31.1 Å². The molecule has 0 spiro atoms. The lowest BCUT2D eigenvalue weighted by molar-refractivity contribution is -0.122. The Morgan fingerprint density at radius 3 is 2.09 bits per heavy atom. The average molecular weight is 672 g/mol. The quantitative estimate of drug-likeness (QED) is 0.127.